The number of rotatable bonds is 8. The van der Waals surface area contributed by atoms with Crippen LogP contribution in [0.1, 0.15) is 39.9 Å². The van der Waals surface area contributed by atoms with Crippen LogP contribution in [0.3, 0.4) is 0 Å². The summed E-state index contributed by atoms with van der Waals surface area (Å²) in [5.74, 6) is -2.91. The minimum absolute atomic E-state index is 0.0585. The molecular formula is C29H26N2O8. The third-order valence-corrected chi connectivity index (χ3v) is 6.18. The van der Waals surface area contributed by atoms with Gasteiger partial charge in [0.05, 0.1) is 12.1 Å². The van der Waals surface area contributed by atoms with Crippen LogP contribution in [0.5, 0.6) is 0 Å². The number of amides is 4. The van der Waals surface area contributed by atoms with Crippen molar-refractivity contribution in [1.82, 2.24) is 9.80 Å². The standard InChI is InChI=1S/C29H26N2O8/c32-25-16-15-24(26(33)31(25)29(37)39-19-21-11-5-2-6-12-21)30(17-22-13-7-8-14-23(22)27(34)35)28(36)38-18-20-9-3-1-4-10-20/h1-14,24H,15-19H2,(H,34,35)/t24-/m0/s1. The molecule has 0 unspecified atom stereocenters. The number of aromatic carboxylic acids is 1. The van der Waals surface area contributed by atoms with Crippen LogP contribution in [0.4, 0.5) is 9.59 Å². The van der Waals surface area contributed by atoms with E-state index in [1.807, 2.05) is 6.07 Å². The van der Waals surface area contributed by atoms with Crippen molar-refractivity contribution in [1.29, 1.82) is 0 Å². The van der Waals surface area contributed by atoms with Gasteiger partial charge in [-0.1, -0.05) is 78.9 Å². The van der Waals surface area contributed by atoms with E-state index < -0.39 is 36.0 Å². The van der Waals surface area contributed by atoms with E-state index >= 15 is 0 Å². The number of nitrogens with zero attached hydrogens (tertiary/aromatic N) is 2. The van der Waals surface area contributed by atoms with Gasteiger partial charge in [-0.15, -0.1) is 0 Å². The van der Waals surface area contributed by atoms with Gasteiger partial charge >= 0.3 is 18.2 Å². The molecular weight excluding hydrogens is 504 g/mol. The van der Waals surface area contributed by atoms with Crippen LogP contribution in [-0.4, -0.2) is 50.9 Å². The number of carbonyl (C=O) groups excluding carboxylic acids is 4. The molecule has 1 atom stereocenters. The molecule has 1 N–H and O–H groups in total. The molecule has 0 bridgehead atoms. The first-order chi connectivity index (χ1) is 18.8. The summed E-state index contributed by atoms with van der Waals surface area (Å²) >= 11 is 0. The summed E-state index contributed by atoms with van der Waals surface area (Å²) in [7, 11) is 0. The Bertz CT molecular complexity index is 1360. The maximum atomic E-state index is 13.5. The molecule has 1 heterocycles. The van der Waals surface area contributed by atoms with E-state index in [0.29, 0.717) is 16.0 Å². The molecule has 0 radical (unpaired) electrons. The van der Waals surface area contributed by atoms with Crippen molar-refractivity contribution < 1.29 is 38.6 Å². The van der Waals surface area contributed by atoms with Crippen molar-refractivity contribution in [2.75, 3.05) is 0 Å². The van der Waals surface area contributed by atoms with Gasteiger partial charge in [-0.3, -0.25) is 14.5 Å². The third kappa shape index (κ3) is 6.67. The summed E-state index contributed by atoms with van der Waals surface area (Å²) in [6.07, 6.45) is -2.33. The first-order valence-corrected chi connectivity index (χ1v) is 12.2. The Balaban J connectivity index is 1.57. The van der Waals surface area contributed by atoms with Gasteiger partial charge in [0.15, 0.2) is 0 Å². The van der Waals surface area contributed by atoms with Gasteiger partial charge in [0.1, 0.15) is 19.3 Å². The summed E-state index contributed by atoms with van der Waals surface area (Å²) < 4.78 is 10.7. The largest absolute Gasteiger partial charge is 0.478 e. The summed E-state index contributed by atoms with van der Waals surface area (Å²) in [5.41, 5.74) is 1.56. The number of imide groups is 3. The molecule has 10 nitrogen and oxygen atoms in total. The van der Waals surface area contributed by atoms with Crippen molar-refractivity contribution in [3.05, 3.63) is 107 Å². The van der Waals surface area contributed by atoms with E-state index in [9.17, 15) is 29.1 Å². The lowest BCUT2D eigenvalue weighted by Crippen LogP contribution is -2.57. The molecule has 1 fully saturated rings. The maximum Gasteiger partial charge on any atom is 0.423 e. The molecule has 1 aliphatic rings. The summed E-state index contributed by atoms with van der Waals surface area (Å²) in [4.78, 5) is 65.4. The number of benzene rings is 3. The number of piperidine rings is 1. The van der Waals surface area contributed by atoms with E-state index in [1.54, 1.807) is 66.7 Å². The average Bonchev–Trinajstić information content (AvgIpc) is 2.95. The summed E-state index contributed by atoms with van der Waals surface area (Å²) in [5, 5.41) is 9.62. The van der Waals surface area contributed by atoms with Gasteiger partial charge in [0.25, 0.3) is 5.91 Å². The molecule has 1 aliphatic heterocycles. The van der Waals surface area contributed by atoms with E-state index in [0.717, 1.165) is 4.90 Å². The monoisotopic (exact) mass is 530 g/mol. The molecule has 0 aliphatic carbocycles. The fraction of sp³-hybridized carbons (Fsp3) is 0.207. The molecule has 4 rings (SSSR count). The number of ether oxygens (including phenoxy) is 2. The lowest BCUT2D eigenvalue weighted by molar-refractivity contribution is -0.150. The van der Waals surface area contributed by atoms with Crippen LogP contribution >= 0.6 is 0 Å². The highest BCUT2D eigenvalue weighted by molar-refractivity contribution is 6.12. The lowest BCUT2D eigenvalue weighted by Gasteiger charge is -2.35. The molecule has 1 saturated heterocycles. The number of carbonyl (C=O) groups is 5. The molecule has 4 amide bonds. The topological polar surface area (TPSA) is 131 Å². The van der Waals surface area contributed by atoms with Crippen LogP contribution in [0, 0.1) is 0 Å². The normalized spacial score (nSPS) is 15.0. The zero-order valence-corrected chi connectivity index (χ0v) is 20.9. The Morgan fingerprint density at radius 3 is 2.00 bits per heavy atom. The van der Waals surface area contributed by atoms with E-state index in [4.69, 9.17) is 9.47 Å². The van der Waals surface area contributed by atoms with Crippen LogP contribution in [0.15, 0.2) is 84.9 Å². The van der Waals surface area contributed by atoms with Crippen LogP contribution in [-0.2, 0) is 38.8 Å². The summed E-state index contributed by atoms with van der Waals surface area (Å²) in [6.45, 7) is -0.552. The predicted octanol–water partition coefficient (Wildman–Crippen LogP) is 4.38. The maximum absolute atomic E-state index is 13.5. The highest BCUT2D eigenvalue weighted by Gasteiger charge is 2.44. The molecule has 3 aromatic rings. The Morgan fingerprint density at radius 2 is 1.38 bits per heavy atom. The van der Waals surface area contributed by atoms with Gasteiger partial charge in [-0.25, -0.2) is 14.4 Å². The number of hydrogen-bond acceptors (Lipinski definition) is 7. The smallest absolute Gasteiger partial charge is 0.423 e. The van der Waals surface area contributed by atoms with Gasteiger partial charge in [-0.05, 0) is 29.2 Å². The predicted molar refractivity (Wildman–Crippen MR) is 137 cm³/mol. The van der Waals surface area contributed by atoms with Crippen LogP contribution in [0.25, 0.3) is 0 Å². The van der Waals surface area contributed by atoms with Gasteiger partial charge < -0.3 is 14.6 Å². The minimum Gasteiger partial charge on any atom is -0.478 e. The SMILES string of the molecule is O=C(O)c1ccccc1CN(C(=O)OCc1ccccc1)[C@H]1CCC(=O)N(C(=O)OCc2ccccc2)C1=O. The van der Waals surface area contributed by atoms with E-state index in [2.05, 4.69) is 0 Å². The van der Waals surface area contributed by atoms with Crippen molar-refractivity contribution >= 4 is 30.0 Å². The fourth-order valence-corrected chi connectivity index (χ4v) is 4.19. The van der Waals surface area contributed by atoms with Crippen LogP contribution < -0.4 is 0 Å². The molecule has 0 saturated carbocycles. The second kappa shape index (κ2) is 12.5. The number of likely N-dealkylation sites (tertiary alicyclic amines) is 1. The summed E-state index contributed by atoms with van der Waals surface area (Å²) in [6, 6.07) is 22.4. The second-order valence-corrected chi connectivity index (χ2v) is 8.79. The van der Waals surface area contributed by atoms with Crippen molar-refractivity contribution in [3.63, 3.8) is 0 Å². The molecule has 0 aromatic heterocycles. The molecule has 10 heteroatoms. The van der Waals surface area contributed by atoms with E-state index in [1.165, 1.54) is 12.1 Å². The van der Waals surface area contributed by atoms with Crippen molar-refractivity contribution in [3.8, 4) is 0 Å². The zero-order valence-electron chi connectivity index (χ0n) is 20.9. The Kier molecular flexibility index (Phi) is 8.67. The molecule has 0 spiro atoms. The van der Waals surface area contributed by atoms with Gasteiger partial charge in [0, 0.05) is 6.42 Å². The highest BCUT2D eigenvalue weighted by Crippen LogP contribution is 2.24. The zero-order chi connectivity index (χ0) is 27.8. The average molecular weight is 531 g/mol. The minimum atomic E-state index is -1.27. The quantitative estimate of drug-likeness (QED) is 0.425. The third-order valence-electron chi connectivity index (χ3n) is 6.18. The lowest BCUT2D eigenvalue weighted by atomic mass is 10.0. The number of hydrogen-bond donors (Lipinski definition) is 1. The first-order valence-electron chi connectivity index (χ1n) is 12.2. The van der Waals surface area contributed by atoms with Crippen LogP contribution in [0.2, 0.25) is 0 Å². The van der Waals surface area contributed by atoms with Gasteiger partial charge in [0.2, 0.25) is 5.91 Å². The molecule has 3 aromatic carbocycles. The highest BCUT2D eigenvalue weighted by atomic mass is 16.6. The van der Waals surface area contributed by atoms with Gasteiger partial charge in [-0.2, -0.15) is 4.90 Å². The number of carboxylic acids is 1. The molecule has 200 valence electrons. The number of carboxylic acid groups (broad SMARTS) is 1. The van der Waals surface area contributed by atoms with Crippen molar-refractivity contribution in [2.24, 2.45) is 0 Å². The van der Waals surface area contributed by atoms with Crippen molar-refractivity contribution in [2.45, 2.75) is 38.6 Å². The Labute approximate surface area is 224 Å². The van der Waals surface area contributed by atoms with E-state index in [-0.39, 0.29) is 43.7 Å². The molecule has 39 heavy (non-hydrogen) atoms. The Morgan fingerprint density at radius 1 is 0.821 bits per heavy atom. The second-order valence-electron chi connectivity index (χ2n) is 8.79. The first kappa shape index (κ1) is 27.1. The fourth-order valence-electron chi connectivity index (χ4n) is 4.19. The Hall–Kier alpha value is -4.99.